The second-order valence-electron chi connectivity index (χ2n) is 5.50. The Kier molecular flexibility index (Phi) is 5.63. The third-order valence-electron chi connectivity index (χ3n) is 3.99. The zero-order valence-electron chi connectivity index (χ0n) is 11.6. The molecule has 0 radical (unpaired) electrons. The molecule has 0 aliphatic heterocycles. The van der Waals surface area contributed by atoms with E-state index in [9.17, 15) is 9.59 Å². The molecule has 1 rings (SSSR count). The molecule has 4 heteroatoms. The molecule has 0 aromatic heterocycles. The van der Waals surface area contributed by atoms with Gasteiger partial charge in [-0.2, -0.15) is 0 Å². The van der Waals surface area contributed by atoms with E-state index >= 15 is 0 Å². The number of nitrogens with zero attached hydrogens (tertiary/aromatic N) is 1. The number of carbonyl (C=O) groups is 2. The molecule has 0 unspecified atom stereocenters. The fraction of sp³-hybridized carbons (Fsp3) is 0.857. The number of carboxylic acids is 1. The van der Waals surface area contributed by atoms with Gasteiger partial charge in [-0.1, -0.05) is 32.6 Å². The largest absolute Gasteiger partial charge is 0.481 e. The lowest BCUT2D eigenvalue weighted by Crippen LogP contribution is -2.43. The van der Waals surface area contributed by atoms with E-state index in [1.54, 1.807) is 4.90 Å². The van der Waals surface area contributed by atoms with Crippen LogP contribution in [-0.2, 0) is 9.59 Å². The van der Waals surface area contributed by atoms with Crippen LogP contribution in [0.4, 0.5) is 0 Å². The highest BCUT2D eigenvalue weighted by Crippen LogP contribution is 2.36. The smallest absolute Gasteiger partial charge is 0.305 e. The fourth-order valence-corrected chi connectivity index (χ4v) is 2.74. The van der Waals surface area contributed by atoms with Gasteiger partial charge in [0.15, 0.2) is 0 Å². The summed E-state index contributed by atoms with van der Waals surface area (Å²) in [5.41, 5.74) is -0.273. The molecule has 0 heterocycles. The Morgan fingerprint density at radius 2 is 1.72 bits per heavy atom. The Hall–Kier alpha value is -1.06. The summed E-state index contributed by atoms with van der Waals surface area (Å²) in [6.07, 6.45) is 6.56. The number of rotatable bonds is 5. The predicted octanol–water partition coefficient (Wildman–Crippen LogP) is 2.67. The molecule has 0 spiro atoms. The summed E-state index contributed by atoms with van der Waals surface area (Å²) >= 11 is 0. The minimum atomic E-state index is -0.840. The molecule has 1 saturated carbocycles. The Bertz CT molecular complexity index is 293. The Morgan fingerprint density at radius 1 is 1.17 bits per heavy atom. The molecule has 104 valence electrons. The zero-order chi connectivity index (χ0) is 13.6. The first-order valence-corrected chi connectivity index (χ1v) is 7.01. The van der Waals surface area contributed by atoms with Crippen LogP contribution < -0.4 is 0 Å². The molecule has 1 aliphatic rings. The van der Waals surface area contributed by atoms with Crippen molar-refractivity contribution in [2.75, 3.05) is 13.1 Å². The lowest BCUT2D eigenvalue weighted by molar-refractivity contribution is -0.143. The molecular formula is C14H25NO3. The average molecular weight is 255 g/mol. The molecule has 0 atom stereocenters. The van der Waals surface area contributed by atoms with Crippen molar-refractivity contribution in [2.24, 2.45) is 5.41 Å². The second-order valence-corrected chi connectivity index (χ2v) is 5.50. The third-order valence-corrected chi connectivity index (χ3v) is 3.99. The van der Waals surface area contributed by atoms with Crippen LogP contribution in [0.25, 0.3) is 0 Å². The van der Waals surface area contributed by atoms with Gasteiger partial charge in [0, 0.05) is 18.5 Å². The minimum Gasteiger partial charge on any atom is -0.481 e. The summed E-state index contributed by atoms with van der Waals surface area (Å²) in [5, 5.41) is 8.72. The standard InChI is InChI=1S/C14H25NO3/c1-3-15(11-8-12(16)17)13(18)14(2)9-6-4-5-7-10-14/h3-11H2,1-2H3,(H,16,17). The Balaban J connectivity index is 2.65. The van der Waals surface area contributed by atoms with Crippen LogP contribution in [0.3, 0.4) is 0 Å². The van der Waals surface area contributed by atoms with Crippen molar-refractivity contribution in [3.63, 3.8) is 0 Å². The van der Waals surface area contributed by atoms with Crippen LogP contribution >= 0.6 is 0 Å². The van der Waals surface area contributed by atoms with Gasteiger partial charge in [-0.15, -0.1) is 0 Å². The molecule has 4 nitrogen and oxygen atoms in total. The van der Waals surface area contributed by atoms with Crippen LogP contribution in [0.1, 0.15) is 58.8 Å². The molecule has 0 bridgehead atoms. The number of hydrogen-bond acceptors (Lipinski definition) is 2. The molecule has 1 N–H and O–H groups in total. The van der Waals surface area contributed by atoms with E-state index in [1.165, 1.54) is 12.8 Å². The Morgan fingerprint density at radius 3 is 2.17 bits per heavy atom. The van der Waals surface area contributed by atoms with Crippen molar-refractivity contribution in [2.45, 2.75) is 58.8 Å². The maximum atomic E-state index is 12.5. The summed E-state index contributed by atoms with van der Waals surface area (Å²) in [5.74, 6) is -0.694. The van der Waals surface area contributed by atoms with E-state index in [-0.39, 0.29) is 17.7 Å². The van der Waals surface area contributed by atoms with Crippen molar-refractivity contribution < 1.29 is 14.7 Å². The summed E-state index contributed by atoms with van der Waals surface area (Å²) in [6, 6.07) is 0. The van der Waals surface area contributed by atoms with Gasteiger partial charge < -0.3 is 10.0 Å². The van der Waals surface area contributed by atoms with Crippen molar-refractivity contribution in [1.29, 1.82) is 0 Å². The van der Waals surface area contributed by atoms with Gasteiger partial charge in [0.2, 0.25) is 5.91 Å². The number of carboxylic acid groups (broad SMARTS) is 1. The van der Waals surface area contributed by atoms with Crippen LogP contribution in [-0.4, -0.2) is 35.0 Å². The highest BCUT2D eigenvalue weighted by Gasteiger charge is 2.36. The highest BCUT2D eigenvalue weighted by molar-refractivity contribution is 5.82. The van der Waals surface area contributed by atoms with E-state index in [0.29, 0.717) is 13.1 Å². The lowest BCUT2D eigenvalue weighted by atomic mass is 9.81. The van der Waals surface area contributed by atoms with E-state index in [2.05, 4.69) is 0 Å². The van der Waals surface area contributed by atoms with Crippen LogP contribution in [0.15, 0.2) is 0 Å². The molecule has 0 aromatic rings. The van der Waals surface area contributed by atoms with Crippen molar-refractivity contribution >= 4 is 11.9 Å². The fourth-order valence-electron chi connectivity index (χ4n) is 2.74. The summed E-state index contributed by atoms with van der Waals surface area (Å²) < 4.78 is 0. The molecule has 1 fully saturated rings. The molecule has 1 aliphatic carbocycles. The van der Waals surface area contributed by atoms with E-state index in [0.717, 1.165) is 25.7 Å². The average Bonchev–Trinajstić information content (AvgIpc) is 2.55. The maximum Gasteiger partial charge on any atom is 0.305 e. The van der Waals surface area contributed by atoms with Crippen molar-refractivity contribution in [3.8, 4) is 0 Å². The van der Waals surface area contributed by atoms with E-state index in [4.69, 9.17) is 5.11 Å². The lowest BCUT2D eigenvalue weighted by Gasteiger charge is -2.33. The van der Waals surface area contributed by atoms with E-state index in [1.807, 2.05) is 13.8 Å². The second kappa shape index (κ2) is 6.76. The van der Waals surface area contributed by atoms with Gasteiger partial charge in [0.05, 0.1) is 6.42 Å². The van der Waals surface area contributed by atoms with Gasteiger partial charge in [-0.25, -0.2) is 0 Å². The van der Waals surface area contributed by atoms with Crippen LogP contribution in [0.2, 0.25) is 0 Å². The third kappa shape index (κ3) is 4.00. The van der Waals surface area contributed by atoms with E-state index < -0.39 is 5.97 Å². The summed E-state index contributed by atoms with van der Waals surface area (Å²) in [6.45, 7) is 4.89. The molecular weight excluding hydrogens is 230 g/mol. The van der Waals surface area contributed by atoms with Crippen molar-refractivity contribution in [1.82, 2.24) is 4.90 Å². The first-order chi connectivity index (χ1) is 8.49. The number of aliphatic carboxylic acids is 1. The zero-order valence-corrected chi connectivity index (χ0v) is 11.6. The molecule has 18 heavy (non-hydrogen) atoms. The highest BCUT2D eigenvalue weighted by atomic mass is 16.4. The summed E-state index contributed by atoms with van der Waals surface area (Å²) in [4.78, 5) is 24.9. The minimum absolute atomic E-state index is 0.0374. The Labute approximate surface area is 109 Å². The van der Waals surface area contributed by atoms with Gasteiger partial charge in [0.25, 0.3) is 0 Å². The van der Waals surface area contributed by atoms with Gasteiger partial charge in [0.1, 0.15) is 0 Å². The topological polar surface area (TPSA) is 57.6 Å². The SMILES string of the molecule is CCN(CCC(=O)O)C(=O)C1(C)CCCCCC1. The number of carbonyl (C=O) groups excluding carboxylic acids is 1. The van der Waals surface area contributed by atoms with Crippen LogP contribution in [0, 0.1) is 5.41 Å². The number of amides is 1. The number of hydrogen-bond donors (Lipinski definition) is 1. The van der Waals surface area contributed by atoms with Gasteiger partial charge >= 0.3 is 5.97 Å². The monoisotopic (exact) mass is 255 g/mol. The van der Waals surface area contributed by atoms with Crippen LogP contribution in [0.5, 0.6) is 0 Å². The first kappa shape index (κ1) is 15.0. The molecule has 1 amide bonds. The van der Waals surface area contributed by atoms with Gasteiger partial charge in [-0.3, -0.25) is 9.59 Å². The molecule has 0 saturated heterocycles. The quantitative estimate of drug-likeness (QED) is 0.768. The predicted molar refractivity (Wildman–Crippen MR) is 70.3 cm³/mol. The van der Waals surface area contributed by atoms with Crippen molar-refractivity contribution in [3.05, 3.63) is 0 Å². The van der Waals surface area contributed by atoms with Gasteiger partial charge in [-0.05, 0) is 19.8 Å². The summed E-state index contributed by atoms with van der Waals surface area (Å²) in [7, 11) is 0. The normalized spacial score (nSPS) is 19.0. The first-order valence-electron chi connectivity index (χ1n) is 7.01. The molecule has 0 aromatic carbocycles. The maximum absolute atomic E-state index is 12.5.